The molecule has 1 aromatic carbocycles. The monoisotopic (exact) mass is 464 g/mol. The summed E-state index contributed by atoms with van der Waals surface area (Å²) in [6, 6.07) is 6.63. The molecule has 1 aliphatic heterocycles. The molecule has 2 rings (SSSR count). The number of halogens is 1. The molecule has 0 amide bonds. The summed E-state index contributed by atoms with van der Waals surface area (Å²) in [6.07, 6.45) is 0. The fourth-order valence-corrected chi connectivity index (χ4v) is 3.82. The van der Waals surface area contributed by atoms with E-state index in [9.17, 15) is 10.1 Å². The molecule has 0 radical (unpaired) electrons. The average Bonchev–Trinajstić information content (AvgIpc) is 2.56. The topological polar surface area (TPSA) is 70.8 Å². The molecule has 1 saturated heterocycles. The van der Waals surface area contributed by atoms with E-state index in [-0.39, 0.29) is 34.6 Å². The summed E-state index contributed by atoms with van der Waals surface area (Å²) in [7, 11) is 1.80. The van der Waals surface area contributed by atoms with E-state index in [1.54, 1.807) is 19.2 Å². The number of non-ortho nitro benzene ring substituents is 1. The van der Waals surface area contributed by atoms with Crippen molar-refractivity contribution in [3.63, 3.8) is 0 Å². The Kier molecular flexibility index (Phi) is 8.82. The van der Waals surface area contributed by atoms with Crippen LogP contribution < -0.4 is 5.32 Å². The predicted octanol–water partition coefficient (Wildman–Crippen LogP) is 3.36. The normalized spacial score (nSPS) is 18.2. The lowest BCUT2D eigenvalue weighted by atomic mass is 10.1. The molecule has 8 heteroatoms. The molecule has 1 aromatic rings. The second-order valence-electron chi connectivity index (χ2n) is 5.92. The number of aliphatic imine (C=N–C) groups is 1. The fourth-order valence-electron chi connectivity index (χ4n) is 2.52. The summed E-state index contributed by atoms with van der Waals surface area (Å²) in [5.41, 5.74) is 1.12. The second-order valence-corrected chi connectivity index (χ2v) is 7.27. The van der Waals surface area contributed by atoms with Crippen LogP contribution in [0.2, 0.25) is 0 Å². The van der Waals surface area contributed by atoms with Gasteiger partial charge in [0.25, 0.3) is 5.69 Å². The van der Waals surface area contributed by atoms with Gasteiger partial charge in [0, 0.05) is 49.8 Å². The molecule has 1 unspecified atom stereocenters. The third-order valence-electron chi connectivity index (χ3n) is 3.95. The minimum Gasteiger partial charge on any atom is -0.352 e. The van der Waals surface area contributed by atoms with Gasteiger partial charge in [-0.15, -0.1) is 24.0 Å². The maximum Gasteiger partial charge on any atom is 0.269 e. The van der Waals surface area contributed by atoms with Crippen LogP contribution in [0.1, 0.15) is 19.4 Å². The molecule has 1 N–H and O–H groups in total. The van der Waals surface area contributed by atoms with Gasteiger partial charge in [-0.05, 0) is 11.5 Å². The largest absolute Gasteiger partial charge is 0.352 e. The van der Waals surface area contributed by atoms with Crippen LogP contribution in [0.15, 0.2) is 29.3 Å². The van der Waals surface area contributed by atoms with Gasteiger partial charge in [-0.25, -0.2) is 0 Å². The van der Waals surface area contributed by atoms with Gasteiger partial charge >= 0.3 is 0 Å². The van der Waals surface area contributed by atoms with Gasteiger partial charge in [0.05, 0.1) is 4.92 Å². The molecule has 0 aliphatic carbocycles. The van der Waals surface area contributed by atoms with E-state index in [1.807, 2.05) is 11.8 Å². The van der Waals surface area contributed by atoms with Gasteiger partial charge in [-0.2, -0.15) is 11.8 Å². The SMILES string of the molecule is CN=C(NCc1ccc([N+](=O)[O-])cc1)N1CCSC(C(C)C)C1.I. The van der Waals surface area contributed by atoms with Gasteiger partial charge in [0.2, 0.25) is 0 Å². The summed E-state index contributed by atoms with van der Waals surface area (Å²) < 4.78 is 0. The number of thioether (sulfide) groups is 1. The van der Waals surface area contributed by atoms with Crippen molar-refractivity contribution in [1.82, 2.24) is 10.2 Å². The molecule has 134 valence electrons. The Hall–Kier alpha value is -1.03. The molecule has 1 fully saturated rings. The highest BCUT2D eigenvalue weighted by Crippen LogP contribution is 2.24. The molecule has 6 nitrogen and oxygen atoms in total. The van der Waals surface area contributed by atoms with Crippen LogP contribution in [0.25, 0.3) is 0 Å². The van der Waals surface area contributed by atoms with Crippen molar-refractivity contribution < 1.29 is 4.92 Å². The summed E-state index contributed by atoms with van der Waals surface area (Å²) in [6.45, 7) is 7.12. The van der Waals surface area contributed by atoms with Gasteiger partial charge < -0.3 is 10.2 Å². The van der Waals surface area contributed by atoms with Crippen molar-refractivity contribution in [2.24, 2.45) is 10.9 Å². The van der Waals surface area contributed by atoms with Crippen molar-refractivity contribution in [3.05, 3.63) is 39.9 Å². The van der Waals surface area contributed by atoms with E-state index in [0.29, 0.717) is 17.7 Å². The van der Waals surface area contributed by atoms with Gasteiger partial charge in [-0.3, -0.25) is 15.1 Å². The Bertz CT molecular complexity index is 566. The first-order chi connectivity index (χ1) is 11.0. The number of benzene rings is 1. The highest BCUT2D eigenvalue weighted by Gasteiger charge is 2.24. The fraction of sp³-hybridized carbons (Fsp3) is 0.562. The number of guanidine groups is 1. The Morgan fingerprint density at radius 1 is 1.46 bits per heavy atom. The molecule has 1 atom stereocenters. The van der Waals surface area contributed by atoms with Gasteiger partial charge in [-0.1, -0.05) is 26.0 Å². The first-order valence-corrected chi connectivity index (χ1v) is 8.86. The van der Waals surface area contributed by atoms with Crippen LogP contribution in [-0.2, 0) is 6.54 Å². The molecule has 1 heterocycles. The van der Waals surface area contributed by atoms with Crippen LogP contribution in [0.4, 0.5) is 5.69 Å². The van der Waals surface area contributed by atoms with Gasteiger partial charge in [0.15, 0.2) is 5.96 Å². The number of hydrogen-bond donors (Lipinski definition) is 1. The molecule has 0 aromatic heterocycles. The number of rotatable bonds is 4. The summed E-state index contributed by atoms with van der Waals surface area (Å²) in [5, 5.41) is 14.7. The maximum absolute atomic E-state index is 10.7. The third kappa shape index (κ3) is 5.80. The molecule has 0 saturated carbocycles. The van der Waals surface area contributed by atoms with E-state index in [4.69, 9.17) is 0 Å². The second kappa shape index (κ2) is 10.1. The van der Waals surface area contributed by atoms with Crippen LogP contribution >= 0.6 is 35.7 Å². The number of nitrogens with zero attached hydrogens (tertiary/aromatic N) is 3. The smallest absolute Gasteiger partial charge is 0.269 e. The number of hydrogen-bond acceptors (Lipinski definition) is 4. The van der Waals surface area contributed by atoms with Crippen LogP contribution in [-0.4, -0.2) is 46.9 Å². The average molecular weight is 464 g/mol. The molecule has 1 aliphatic rings. The van der Waals surface area contributed by atoms with E-state index < -0.39 is 0 Å². The van der Waals surface area contributed by atoms with E-state index in [0.717, 1.165) is 30.4 Å². The Balaban J connectivity index is 0.00000288. The predicted molar refractivity (Wildman–Crippen MR) is 111 cm³/mol. The minimum atomic E-state index is -0.381. The van der Waals surface area contributed by atoms with Crippen molar-refractivity contribution in [2.45, 2.75) is 25.6 Å². The Morgan fingerprint density at radius 3 is 2.67 bits per heavy atom. The maximum atomic E-state index is 10.7. The van der Waals surface area contributed by atoms with Crippen LogP contribution in [0, 0.1) is 16.0 Å². The molecular weight excluding hydrogens is 439 g/mol. The van der Waals surface area contributed by atoms with E-state index in [2.05, 4.69) is 29.1 Å². The first kappa shape index (κ1) is 21.0. The summed E-state index contributed by atoms with van der Waals surface area (Å²) >= 11 is 2.03. The van der Waals surface area contributed by atoms with Crippen molar-refractivity contribution in [1.29, 1.82) is 0 Å². The standard InChI is InChI=1S/C16H24N4O2S.HI/c1-12(2)15-11-19(8-9-23-15)16(17-3)18-10-13-4-6-14(7-5-13)20(21)22;/h4-7,12,15H,8-11H2,1-3H3,(H,17,18);1H. The molecular formula is C16H25IN4O2S. The molecule has 0 spiro atoms. The van der Waals surface area contributed by atoms with Crippen molar-refractivity contribution in [2.75, 3.05) is 25.9 Å². The lowest BCUT2D eigenvalue weighted by Gasteiger charge is -2.36. The van der Waals surface area contributed by atoms with Crippen molar-refractivity contribution in [3.8, 4) is 0 Å². The Labute approximate surface area is 164 Å². The van der Waals surface area contributed by atoms with Gasteiger partial charge in [0.1, 0.15) is 0 Å². The third-order valence-corrected chi connectivity index (χ3v) is 5.49. The molecule has 0 bridgehead atoms. The first-order valence-electron chi connectivity index (χ1n) is 7.81. The zero-order valence-corrected chi connectivity index (χ0v) is 17.4. The minimum absolute atomic E-state index is 0. The number of nitro benzene ring substituents is 1. The summed E-state index contributed by atoms with van der Waals surface area (Å²) in [5.74, 6) is 2.66. The Morgan fingerprint density at radius 2 is 2.12 bits per heavy atom. The summed E-state index contributed by atoms with van der Waals surface area (Å²) in [4.78, 5) is 17.0. The van der Waals surface area contributed by atoms with Crippen LogP contribution in [0.3, 0.4) is 0 Å². The zero-order valence-electron chi connectivity index (χ0n) is 14.3. The zero-order chi connectivity index (χ0) is 16.8. The quantitative estimate of drug-likeness (QED) is 0.243. The lowest BCUT2D eigenvalue weighted by Crippen LogP contribution is -2.48. The van der Waals surface area contributed by atoms with Crippen LogP contribution in [0.5, 0.6) is 0 Å². The number of nitro groups is 1. The van der Waals surface area contributed by atoms with E-state index >= 15 is 0 Å². The van der Waals surface area contributed by atoms with Crippen molar-refractivity contribution >= 4 is 47.4 Å². The number of nitrogens with one attached hydrogen (secondary N) is 1. The highest BCUT2D eigenvalue weighted by molar-refractivity contribution is 14.0. The van der Waals surface area contributed by atoms with E-state index in [1.165, 1.54) is 12.1 Å². The molecule has 24 heavy (non-hydrogen) atoms. The lowest BCUT2D eigenvalue weighted by molar-refractivity contribution is -0.384. The highest BCUT2D eigenvalue weighted by atomic mass is 127.